The minimum absolute atomic E-state index is 0.304. The summed E-state index contributed by atoms with van der Waals surface area (Å²) in [5, 5.41) is 2.64. The standard InChI is InChI=1S/C24H19N3O3S/c28-23-21(31-24(29)26-23)13-20-12-18-15-25-14-17(22(18)30-20)7-4-16-5-8-19(9-6-16)27-10-2-1-3-11-27/h5-6,8-9,12-15H,1-3,10-11H2,(H,26,28,29)/b21-13+. The van der Waals surface area contributed by atoms with Crippen LogP contribution in [0.15, 0.2) is 52.0 Å². The molecule has 2 aromatic heterocycles. The fraction of sp³-hybridized carbons (Fsp3) is 0.208. The molecule has 0 saturated carbocycles. The van der Waals surface area contributed by atoms with Crippen LogP contribution in [0.2, 0.25) is 0 Å². The predicted octanol–water partition coefficient (Wildman–Crippen LogP) is 4.54. The monoisotopic (exact) mass is 429 g/mol. The number of piperidine rings is 1. The summed E-state index contributed by atoms with van der Waals surface area (Å²) in [6.07, 6.45) is 8.72. The molecule has 1 N–H and O–H groups in total. The highest BCUT2D eigenvalue weighted by atomic mass is 32.2. The van der Waals surface area contributed by atoms with Gasteiger partial charge in [-0.15, -0.1) is 0 Å². The second-order valence-corrected chi connectivity index (χ2v) is 8.47. The van der Waals surface area contributed by atoms with Gasteiger partial charge in [-0.25, -0.2) is 0 Å². The number of pyridine rings is 1. The first kappa shape index (κ1) is 19.5. The molecule has 4 heterocycles. The Labute approximate surface area is 183 Å². The molecule has 1 aromatic carbocycles. The molecule has 7 heteroatoms. The molecule has 0 unspecified atom stereocenters. The molecule has 2 aliphatic heterocycles. The molecule has 0 spiro atoms. The first-order chi connectivity index (χ1) is 15.2. The Balaban J connectivity index is 1.39. The number of anilines is 1. The van der Waals surface area contributed by atoms with Crippen LogP contribution in [0.5, 0.6) is 0 Å². The third-order valence-corrected chi connectivity index (χ3v) is 6.10. The van der Waals surface area contributed by atoms with Crippen LogP contribution in [0, 0.1) is 11.8 Å². The molecule has 0 atom stereocenters. The topological polar surface area (TPSA) is 75.4 Å². The second kappa shape index (κ2) is 8.32. The van der Waals surface area contributed by atoms with Crippen molar-refractivity contribution in [2.75, 3.05) is 18.0 Å². The number of nitrogens with zero attached hydrogens (tertiary/aromatic N) is 2. The van der Waals surface area contributed by atoms with E-state index >= 15 is 0 Å². The van der Waals surface area contributed by atoms with Crippen molar-refractivity contribution >= 4 is 45.6 Å². The second-order valence-electron chi connectivity index (χ2n) is 7.45. The molecule has 0 aliphatic carbocycles. The van der Waals surface area contributed by atoms with Crippen LogP contribution >= 0.6 is 11.8 Å². The molecule has 3 aromatic rings. The molecule has 6 nitrogen and oxygen atoms in total. The summed E-state index contributed by atoms with van der Waals surface area (Å²) in [6.45, 7) is 2.23. The number of fused-ring (bicyclic) bond motifs is 1. The summed E-state index contributed by atoms with van der Waals surface area (Å²) in [5.74, 6) is 6.39. The van der Waals surface area contributed by atoms with Gasteiger partial charge in [0.2, 0.25) is 0 Å². The Kier molecular flexibility index (Phi) is 5.23. The Morgan fingerprint density at radius 1 is 1.06 bits per heavy atom. The third kappa shape index (κ3) is 4.21. The van der Waals surface area contributed by atoms with Crippen molar-refractivity contribution in [3.8, 4) is 11.8 Å². The smallest absolute Gasteiger partial charge is 0.290 e. The van der Waals surface area contributed by atoms with E-state index in [-0.39, 0.29) is 5.24 Å². The van der Waals surface area contributed by atoms with Crippen molar-refractivity contribution in [2.24, 2.45) is 0 Å². The van der Waals surface area contributed by atoms with E-state index in [0.29, 0.717) is 21.8 Å². The van der Waals surface area contributed by atoms with Crippen molar-refractivity contribution in [3.63, 3.8) is 0 Å². The first-order valence-electron chi connectivity index (χ1n) is 10.2. The molecular formula is C24H19N3O3S. The van der Waals surface area contributed by atoms with Gasteiger partial charge in [-0.1, -0.05) is 11.8 Å². The van der Waals surface area contributed by atoms with Crippen molar-refractivity contribution < 1.29 is 14.0 Å². The average molecular weight is 430 g/mol. The van der Waals surface area contributed by atoms with E-state index in [0.717, 1.165) is 35.8 Å². The van der Waals surface area contributed by atoms with Gasteiger partial charge in [0.15, 0.2) is 5.58 Å². The lowest BCUT2D eigenvalue weighted by Crippen LogP contribution is -2.29. The van der Waals surface area contributed by atoms with E-state index in [1.165, 1.54) is 24.9 Å². The molecule has 154 valence electrons. The number of benzene rings is 1. The molecule has 31 heavy (non-hydrogen) atoms. The van der Waals surface area contributed by atoms with Gasteiger partial charge < -0.3 is 9.32 Å². The van der Waals surface area contributed by atoms with Gasteiger partial charge in [0, 0.05) is 48.2 Å². The number of rotatable bonds is 2. The van der Waals surface area contributed by atoms with Gasteiger partial charge in [0.25, 0.3) is 11.1 Å². The van der Waals surface area contributed by atoms with Crippen molar-refractivity contribution in [3.05, 3.63) is 64.5 Å². The number of hydrogen-bond donors (Lipinski definition) is 1. The average Bonchev–Trinajstić information content (AvgIpc) is 3.35. The fourth-order valence-electron chi connectivity index (χ4n) is 3.74. The number of amides is 2. The zero-order chi connectivity index (χ0) is 21.2. The summed E-state index contributed by atoms with van der Waals surface area (Å²) >= 11 is 0.856. The van der Waals surface area contributed by atoms with Crippen LogP contribution in [0.1, 0.15) is 36.1 Å². The zero-order valence-electron chi connectivity index (χ0n) is 16.7. The summed E-state index contributed by atoms with van der Waals surface area (Å²) in [7, 11) is 0. The highest BCUT2D eigenvalue weighted by Crippen LogP contribution is 2.29. The Hall–Kier alpha value is -3.50. The van der Waals surface area contributed by atoms with Crippen LogP contribution < -0.4 is 10.2 Å². The number of carbonyl (C=O) groups excluding carboxylic acids is 2. The molecular weight excluding hydrogens is 410 g/mol. The Morgan fingerprint density at radius 2 is 1.87 bits per heavy atom. The number of hydrogen-bond acceptors (Lipinski definition) is 6. The van der Waals surface area contributed by atoms with Gasteiger partial charge in [-0.3, -0.25) is 19.9 Å². The number of furan rings is 1. The van der Waals surface area contributed by atoms with Gasteiger partial charge >= 0.3 is 0 Å². The lowest BCUT2D eigenvalue weighted by Gasteiger charge is -2.28. The Morgan fingerprint density at radius 3 is 2.61 bits per heavy atom. The molecule has 2 amide bonds. The van der Waals surface area contributed by atoms with Crippen LogP contribution in [0.4, 0.5) is 10.5 Å². The maximum atomic E-state index is 11.8. The largest absolute Gasteiger partial charge is 0.455 e. The molecule has 2 saturated heterocycles. The SMILES string of the molecule is O=C1NC(=O)/C(=C\c2cc3cncc(C#Cc4ccc(N5CCCCC5)cc4)c3o2)S1. The minimum atomic E-state index is -0.415. The van der Waals surface area contributed by atoms with Gasteiger partial charge in [0.1, 0.15) is 5.76 Å². The van der Waals surface area contributed by atoms with Gasteiger partial charge in [-0.05, 0) is 61.4 Å². The number of carbonyl (C=O) groups is 2. The first-order valence-corrected chi connectivity index (χ1v) is 11.0. The summed E-state index contributed by atoms with van der Waals surface area (Å²) in [5.41, 5.74) is 3.44. The predicted molar refractivity (Wildman–Crippen MR) is 122 cm³/mol. The van der Waals surface area contributed by atoms with E-state index < -0.39 is 5.91 Å². The lowest BCUT2D eigenvalue weighted by molar-refractivity contribution is -0.115. The summed E-state index contributed by atoms with van der Waals surface area (Å²) < 4.78 is 5.90. The van der Waals surface area contributed by atoms with E-state index in [2.05, 4.69) is 39.2 Å². The minimum Gasteiger partial charge on any atom is -0.455 e. The molecule has 0 radical (unpaired) electrons. The lowest BCUT2D eigenvalue weighted by atomic mass is 10.1. The van der Waals surface area contributed by atoms with Crippen molar-refractivity contribution in [1.29, 1.82) is 0 Å². The number of imide groups is 1. The quantitative estimate of drug-likeness (QED) is 0.476. The van der Waals surface area contributed by atoms with Crippen LogP contribution in [0.25, 0.3) is 17.0 Å². The van der Waals surface area contributed by atoms with E-state index in [1.807, 2.05) is 12.1 Å². The van der Waals surface area contributed by atoms with Crippen molar-refractivity contribution in [2.45, 2.75) is 19.3 Å². The molecule has 2 fully saturated rings. The van der Waals surface area contributed by atoms with Crippen LogP contribution in [0.3, 0.4) is 0 Å². The molecule has 0 bridgehead atoms. The van der Waals surface area contributed by atoms with Gasteiger partial charge in [-0.2, -0.15) is 0 Å². The third-order valence-electron chi connectivity index (χ3n) is 5.29. The Bertz CT molecular complexity index is 1260. The molecule has 5 rings (SSSR count). The maximum Gasteiger partial charge on any atom is 0.290 e. The van der Waals surface area contributed by atoms with E-state index in [1.54, 1.807) is 24.5 Å². The number of aromatic nitrogens is 1. The number of thioether (sulfide) groups is 1. The van der Waals surface area contributed by atoms with Crippen LogP contribution in [-0.2, 0) is 4.79 Å². The van der Waals surface area contributed by atoms with Crippen molar-refractivity contribution in [1.82, 2.24) is 10.3 Å². The maximum absolute atomic E-state index is 11.8. The van der Waals surface area contributed by atoms with Crippen LogP contribution in [-0.4, -0.2) is 29.2 Å². The summed E-state index contributed by atoms with van der Waals surface area (Å²) in [6, 6.07) is 10.1. The number of nitrogens with one attached hydrogen (secondary N) is 1. The molecule has 2 aliphatic rings. The van der Waals surface area contributed by atoms with E-state index in [9.17, 15) is 9.59 Å². The highest BCUT2D eigenvalue weighted by Gasteiger charge is 2.25. The highest BCUT2D eigenvalue weighted by molar-refractivity contribution is 8.18. The fourth-order valence-corrected chi connectivity index (χ4v) is 4.40. The van der Waals surface area contributed by atoms with Gasteiger partial charge in [0.05, 0.1) is 10.5 Å². The summed E-state index contributed by atoms with van der Waals surface area (Å²) in [4.78, 5) is 30.1. The normalized spacial score (nSPS) is 17.7. The van der Waals surface area contributed by atoms with E-state index in [4.69, 9.17) is 4.42 Å². The zero-order valence-corrected chi connectivity index (χ0v) is 17.5.